The number of nitro benzene ring substituents is 1. The fraction of sp³-hybridized carbons (Fsp3) is 0. The van der Waals surface area contributed by atoms with Gasteiger partial charge >= 0.3 is 5.97 Å². The van der Waals surface area contributed by atoms with Crippen LogP contribution in [0.4, 0.5) is 5.69 Å². The molecule has 0 unspecified atom stereocenters. The van der Waals surface area contributed by atoms with Crippen molar-refractivity contribution in [2.24, 2.45) is 0 Å². The molecule has 0 aromatic heterocycles. The van der Waals surface area contributed by atoms with Gasteiger partial charge in [0.2, 0.25) is 0 Å². The van der Waals surface area contributed by atoms with Crippen LogP contribution in [0.5, 0.6) is 0 Å². The summed E-state index contributed by atoms with van der Waals surface area (Å²) in [4.78, 5) is 21.9. The van der Waals surface area contributed by atoms with Crippen molar-refractivity contribution in [1.82, 2.24) is 0 Å². The molecular weight excluding hydrogens is 282 g/mol. The zero-order chi connectivity index (χ0) is 15.7. The van der Waals surface area contributed by atoms with Crippen LogP contribution in [0.25, 0.3) is 21.9 Å². The van der Waals surface area contributed by atoms with E-state index in [-0.39, 0.29) is 11.3 Å². The maximum atomic E-state index is 11.7. The molecule has 0 fully saturated rings. The minimum Gasteiger partial charge on any atom is -0.478 e. The summed E-state index contributed by atoms with van der Waals surface area (Å²) in [7, 11) is 0. The fourth-order valence-electron chi connectivity index (χ4n) is 2.51. The van der Waals surface area contributed by atoms with Gasteiger partial charge in [-0.1, -0.05) is 36.4 Å². The Morgan fingerprint density at radius 2 is 1.64 bits per heavy atom. The van der Waals surface area contributed by atoms with Gasteiger partial charge in [0.15, 0.2) is 0 Å². The molecule has 0 spiro atoms. The van der Waals surface area contributed by atoms with Crippen LogP contribution in [0.3, 0.4) is 0 Å². The molecule has 5 nitrogen and oxygen atoms in total. The minimum absolute atomic E-state index is 0.0265. The van der Waals surface area contributed by atoms with E-state index in [1.54, 1.807) is 30.3 Å². The molecule has 108 valence electrons. The first kappa shape index (κ1) is 13.8. The van der Waals surface area contributed by atoms with Crippen LogP contribution in [-0.2, 0) is 0 Å². The largest absolute Gasteiger partial charge is 0.478 e. The van der Waals surface area contributed by atoms with Crippen molar-refractivity contribution < 1.29 is 14.8 Å². The number of nitro groups is 1. The average Bonchev–Trinajstić information content (AvgIpc) is 2.53. The Morgan fingerprint density at radius 1 is 0.955 bits per heavy atom. The molecule has 0 heterocycles. The number of rotatable bonds is 3. The first-order valence-electron chi connectivity index (χ1n) is 6.58. The summed E-state index contributed by atoms with van der Waals surface area (Å²) >= 11 is 0. The fourth-order valence-corrected chi connectivity index (χ4v) is 2.51. The summed E-state index contributed by atoms with van der Waals surface area (Å²) in [5.74, 6) is -1.02. The van der Waals surface area contributed by atoms with Crippen molar-refractivity contribution in [3.05, 3.63) is 76.3 Å². The predicted molar refractivity (Wildman–Crippen MR) is 83.0 cm³/mol. The Bertz CT molecular complexity index is 885. The van der Waals surface area contributed by atoms with E-state index in [0.29, 0.717) is 16.5 Å². The smallest absolute Gasteiger partial charge is 0.336 e. The van der Waals surface area contributed by atoms with Gasteiger partial charge in [-0.15, -0.1) is 0 Å². The van der Waals surface area contributed by atoms with Crippen LogP contribution < -0.4 is 0 Å². The number of fused-ring (bicyclic) bond motifs is 1. The van der Waals surface area contributed by atoms with Gasteiger partial charge in [-0.3, -0.25) is 10.1 Å². The molecule has 0 saturated heterocycles. The number of non-ortho nitro benzene ring substituents is 1. The van der Waals surface area contributed by atoms with E-state index < -0.39 is 10.9 Å². The van der Waals surface area contributed by atoms with Crippen LogP contribution >= 0.6 is 0 Å². The van der Waals surface area contributed by atoms with Gasteiger partial charge in [-0.2, -0.15) is 0 Å². The van der Waals surface area contributed by atoms with Crippen molar-refractivity contribution in [2.45, 2.75) is 0 Å². The number of carboxylic acid groups (broad SMARTS) is 1. The average molecular weight is 293 g/mol. The topological polar surface area (TPSA) is 80.4 Å². The molecule has 3 rings (SSSR count). The summed E-state index contributed by atoms with van der Waals surface area (Å²) in [6.07, 6.45) is 0. The zero-order valence-electron chi connectivity index (χ0n) is 11.4. The predicted octanol–water partition coefficient (Wildman–Crippen LogP) is 4.11. The van der Waals surface area contributed by atoms with E-state index in [4.69, 9.17) is 0 Å². The van der Waals surface area contributed by atoms with Gasteiger partial charge in [0.05, 0.1) is 10.5 Å². The quantitative estimate of drug-likeness (QED) is 0.582. The molecule has 3 aromatic carbocycles. The Balaban J connectivity index is 2.24. The van der Waals surface area contributed by atoms with E-state index in [1.165, 1.54) is 12.1 Å². The van der Waals surface area contributed by atoms with Gasteiger partial charge in [0.1, 0.15) is 0 Å². The normalized spacial score (nSPS) is 10.5. The number of nitrogens with zero attached hydrogens (tertiary/aromatic N) is 1. The highest BCUT2D eigenvalue weighted by molar-refractivity contribution is 6.09. The number of hydrogen-bond donors (Lipinski definition) is 1. The Labute approximate surface area is 125 Å². The minimum atomic E-state index is -1.02. The summed E-state index contributed by atoms with van der Waals surface area (Å²) in [5.41, 5.74) is 1.35. The molecular formula is C17H11NO4. The summed E-state index contributed by atoms with van der Waals surface area (Å²) < 4.78 is 0. The molecule has 3 aromatic rings. The van der Waals surface area contributed by atoms with E-state index in [0.717, 1.165) is 5.39 Å². The van der Waals surface area contributed by atoms with Crippen molar-refractivity contribution in [2.75, 3.05) is 0 Å². The highest BCUT2D eigenvalue weighted by atomic mass is 16.6. The highest BCUT2D eigenvalue weighted by Gasteiger charge is 2.16. The third-order valence-corrected chi connectivity index (χ3v) is 3.53. The highest BCUT2D eigenvalue weighted by Crippen LogP contribution is 2.31. The Hall–Kier alpha value is -3.21. The molecule has 5 heteroatoms. The second-order valence-electron chi connectivity index (χ2n) is 4.82. The van der Waals surface area contributed by atoms with Gasteiger partial charge in [-0.25, -0.2) is 4.79 Å². The lowest BCUT2D eigenvalue weighted by Crippen LogP contribution is -2.01. The van der Waals surface area contributed by atoms with Crippen molar-refractivity contribution in [3.63, 3.8) is 0 Å². The van der Waals surface area contributed by atoms with Crippen molar-refractivity contribution in [3.8, 4) is 11.1 Å². The third-order valence-electron chi connectivity index (χ3n) is 3.53. The number of carboxylic acids is 1. The third kappa shape index (κ3) is 2.29. The van der Waals surface area contributed by atoms with Gasteiger partial charge in [0, 0.05) is 12.1 Å². The first-order valence-corrected chi connectivity index (χ1v) is 6.58. The van der Waals surface area contributed by atoms with Gasteiger partial charge in [-0.05, 0) is 34.0 Å². The molecule has 0 saturated carbocycles. The summed E-state index contributed by atoms with van der Waals surface area (Å²) in [6.45, 7) is 0. The zero-order valence-corrected chi connectivity index (χ0v) is 11.4. The van der Waals surface area contributed by atoms with Crippen LogP contribution in [0.15, 0.2) is 60.7 Å². The van der Waals surface area contributed by atoms with E-state index in [2.05, 4.69) is 0 Å². The molecule has 22 heavy (non-hydrogen) atoms. The molecule has 0 amide bonds. The summed E-state index contributed by atoms with van der Waals surface area (Å²) in [6, 6.07) is 16.7. The number of carbonyl (C=O) groups is 1. The van der Waals surface area contributed by atoms with E-state index >= 15 is 0 Å². The maximum absolute atomic E-state index is 11.7. The standard InChI is InChI=1S/C17H11NO4/c19-17(20)16-14-4-2-1-3-11(14)7-10-15(16)12-5-8-13(9-6-12)18(21)22/h1-10H,(H,19,20). The van der Waals surface area contributed by atoms with E-state index in [1.807, 2.05) is 18.2 Å². The molecule has 0 aliphatic heterocycles. The van der Waals surface area contributed by atoms with Gasteiger partial charge < -0.3 is 5.11 Å². The van der Waals surface area contributed by atoms with Crippen LogP contribution in [-0.4, -0.2) is 16.0 Å². The Morgan fingerprint density at radius 3 is 2.27 bits per heavy atom. The van der Waals surface area contributed by atoms with Gasteiger partial charge in [0.25, 0.3) is 5.69 Å². The molecule has 1 N–H and O–H groups in total. The number of benzene rings is 3. The second-order valence-corrected chi connectivity index (χ2v) is 4.82. The Kier molecular flexibility index (Phi) is 3.31. The molecule has 0 atom stereocenters. The summed E-state index contributed by atoms with van der Waals surface area (Å²) in [5, 5.41) is 21.8. The number of aromatic carboxylic acids is 1. The number of hydrogen-bond acceptors (Lipinski definition) is 3. The molecule has 0 radical (unpaired) electrons. The van der Waals surface area contributed by atoms with Crippen LogP contribution in [0.2, 0.25) is 0 Å². The van der Waals surface area contributed by atoms with Crippen LogP contribution in [0, 0.1) is 10.1 Å². The van der Waals surface area contributed by atoms with E-state index in [9.17, 15) is 20.0 Å². The van der Waals surface area contributed by atoms with Crippen LogP contribution in [0.1, 0.15) is 10.4 Å². The lowest BCUT2D eigenvalue weighted by atomic mass is 9.94. The lowest BCUT2D eigenvalue weighted by molar-refractivity contribution is -0.384. The maximum Gasteiger partial charge on any atom is 0.336 e. The second kappa shape index (κ2) is 5.29. The molecule has 0 aliphatic carbocycles. The molecule has 0 aliphatic rings. The lowest BCUT2D eigenvalue weighted by Gasteiger charge is -2.10. The first-order chi connectivity index (χ1) is 10.6. The van der Waals surface area contributed by atoms with Crippen molar-refractivity contribution >= 4 is 22.4 Å². The molecule has 0 bridgehead atoms. The SMILES string of the molecule is O=C(O)c1c(-c2ccc([N+](=O)[O-])cc2)ccc2ccccc12. The monoisotopic (exact) mass is 293 g/mol. The van der Waals surface area contributed by atoms with Crippen molar-refractivity contribution in [1.29, 1.82) is 0 Å².